The average molecular weight is 331 g/mol. The van der Waals surface area contributed by atoms with Gasteiger partial charge in [-0.25, -0.2) is 0 Å². The van der Waals surface area contributed by atoms with E-state index in [0.29, 0.717) is 5.92 Å². The molecule has 0 aromatic heterocycles. The third-order valence-corrected chi connectivity index (χ3v) is 5.31. The molecule has 1 saturated heterocycles. The lowest BCUT2D eigenvalue weighted by molar-refractivity contribution is 0.225. The van der Waals surface area contributed by atoms with Crippen molar-refractivity contribution in [3.05, 3.63) is 35.9 Å². The summed E-state index contributed by atoms with van der Waals surface area (Å²) in [6.07, 6.45) is 9.45. The maximum Gasteiger partial charge on any atom is -0.000664 e. The van der Waals surface area contributed by atoms with Crippen LogP contribution in [0.1, 0.15) is 70.3 Å². The molecule has 136 valence electrons. The van der Waals surface area contributed by atoms with E-state index in [1.54, 1.807) is 0 Å². The highest BCUT2D eigenvalue weighted by molar-refractivity contribution is 5.19. The molecule has 1 heterocycles. The summed E-state index contributed by atoms with van der Waals surface area (Å²) < 4.78 is 0. The van der Waals surface area contributed by atoms with Crippen LogP contribution in [0.3, 0.4) is 0 Å². The van der Waals surface area contributed by atoms with Crippen molar-refractivity contribution in [2.75, 3.05) is 32.7 Å². The van der Waals surface area contributed by atoms with Gasteiger partial charge in [-0.1, -0.05) is 57.0 Å². The Hall–Kier alpha value is -0.860. The molecule has 2 nitrogen and oxygen atoms in total. The molecule has 0 spiro atoms. The molecule has 1 aromatic carbocycles. The van der Waals surface area contributed by atoms with E-state index in [4.69, 9.17) is 0 Å². The van der Waals surface area contributed by atoms with Crippen LogP contribution in [0, 0.1) is 5.92 Å². The van der Waals surface area contributed by atoms with Crippen molar-refractivity contribution < 1.29 is 0 Å². The first kappa shape index (κ1) is 19.5. The van der Waals surface area contributed by atoms with Crippen molar-refractivity contribution in [2.45, 2.75) is 64.7 Å². The van der Waals surface area contributed by atoms with Gasteiger partial charge in [0.1, 0.15) is 0 Å². The lowest BCUT2D eigenvalue weighted by atomic mass is 9.89. The second-order valence-electron chi connectivity index (χ2n) is 7.87. The third-order valence-electron chi connectivity index (χ3n) is 5.31. The van der Waals surface area contributed by atoms with E-state index in [9.17, 15) is 0 Å². The molecule has 1 aliphatic heterocycles. The number of likely N-dealkylation sites (tertiary alicyclic amines) is 1. The fourth-order valence-electron chi connectivity index (χ4n) is 3.75. The van der Waals surface area contributed by atoms with Crippen molar-refractivity contribution in [2.24, 2.45) is 5.92 Å². The van der Waals surface area contributed by atoms with Gasteiger partial charge >= 0.3 is 0 Å². The number of rotatable bonds is 11. The topological polar surface area (TPSA) is 15.3 Å². The number of piperidine rings is 1. The average Bonchev–Trinajstić information content (AvgIpc) is 2.62. The Balaban J connectivity index is 1.62. The van der Waals surface area contributed by atoms with Gasteiger partial charge in [0.15, 0.2) is 0 Å². The van der Waals surface area contributed by atoms with Crippen LogP contribution in [-0.2, 0) is 0 Å². The Morgan fingerprint density at radius 1 is 0.917 bits per heavy atom. The first-order valence-corrected chi connectivity index (χ1v) is 10.2. The lowest BCUT2D eigenvalue weighted by Crippen LogP contribution is -2.32. The molecule has 1 aliphatic rings. The van der Waals surface area contributed by atoms with Gasteiger partial charge < -0.3 is 10.2 Å². The number of nitrogens with zero attached hydrogens (tertiary/aromatic N) is 1. The molecule has 0 bridgehead atoms. The summed E-state index contributed by atoms with van der Waals surface area (Å²) in [6.45, 7) is 10.9. The number of hydrogen-bond donors (Lipinski definition) is 1. The molecule has 0 aliphatic carbocycles. The van der Waals surface area contributed by atoms with Crippen LogP contribution in [0.25, 0.3) is 0 Å². The lowest BCUT2D eigenvalue weighted by Gasteiger charge is -2.26. The van der Waals surface area contributed by atoms with E-state index in [0.717, 1.165) is 12.5 Å². The molecule has 1 fully saturated rings. The van der Waals surface area contributed by atoms with Crippen LogP contribution >= 0.6 is 0 Å². The predicted molar refractivity (Wildman–Crippen MR) is 106 cm³/mol. The molecular weight excluding hydrogens is 292 g/mol. The van der Waals surface area contributed by atoms with Crippen LogP contribution in [0.2, 0.25) is 0 Å². The van der Waals surface area contributed by atoms with Gasteiger partial charge in [-0.2, -0.15) is 0 Å². The van der Waals surface area contributed by atoms with Crippen molar-refractivity contribution in [3.8, 4) is 0 Å². The van der Waals surface area contributed by atoms with Gasteiger partial charge in [0.05, 0.1) is 0 Å². The van der Waals surface area contributed by atoms with E-state index in [-0.39, 0.29) is 0 Å². The smallest absolute Gasteiger partial charge is 0.000664 e. The molecule has 1 aromatic rings. The van der Waals surface area contributed by atoms with Crippen molar-refractivity contribution in [1.82, 2.24) is 10.2 Å². The normalized spacial score (nSPS) is 17.3. The largest absolute Gasteiger partial charge is 0.317 e. The minimum Gasteiger partial charge on any atom is -0.317 e. The van der Waals surface area contributed by atoms with Crippen molar-refractivity contribution >= 4 is 0 Å². The van der Waals surface area contributed by atoms with Crippen molar-refractivity contribution in [3.63, 3.8) is 0 Å². The van der Waals surface area contributed by atoms with Gasteiger partial charge in [-0.3, -0.25) is 0 Å². The zero-order valence-corrected chi connectivity index (χ0v) is 16.0. The summed E-state index contributed by atoms with van der Waals surface area (Å²) >= 11 is 0. The Kier molecular flexibility index (Phi) is 9.45. The van der Waals surface area contributed by atoms with Gasteiger partial charge in [0, 0.05) is 0 Å². The maximum absolute atomic E-state index is 3.69. The summed E-state index contributed by atoms with van der Waals surface area (Å²) in [5.74, 6) is 1.51. The second-order valence-corrected chi connectivity index (χ2v) is 7.87. The fourth-order valence-corrected chi connectivity index (χ4v) is 3.75. The highest BCUT2D eigenvalue weighted by Crippen LogP contribution is 2.26. The molecule has 0 radical (unpaired) electrons. The van der Waals surface area contributed by atoms with Crippen LogP contribution in [0.4, 0.5) is 0 Å². The zero-order valence-electron chi connectivity index (χ0n) is 16.0. The van der Waals surface area contributed by atoms with E-state index in [2.05, 4.69) is 54.4 Å². The molecular formula is C22H38N2. The quantitative estimate of drug-likeness (QED) is 0.570. The summed E-state index contributed by atoms with van der Waals surface area (Å²) in [5, 5.41) is 3.69. The van der Waals surface area contributed by atoms with Gasteiger partial charge in [0.2, 0.25) is 0 Å². The van der Waals surface area contributed by atoms with Crippen LogP contribution in [-0.4, -0.2) is 37.6 Å². The van der Waals surface area contributed by atoms with Crippen LogP contribution in [0.15, 0.2) is 30.3 Å². The summed E-state index contributed by atoms with van der Waals surface area (Å²) in [4.78, 5) is 2.64. The summed E-state index contributed by atoms with van der Waals surface area (Å²) in [7, 11) is 0. The molecule has 1 atom stereocenters. The minimum absolute atomic E-state index is 0.711. The molecule has 2 heteroatoms. The SMILES string of the molecule is CC(C)CCC(CCNCCCN1CCCCC1)c1ccccc1. The Labute approximate surface area is 150 Å². The highest BCUT2D eigenvalue weighted by Gasteiger charge is 2.12. The zero-order chi connectivity index (χ0) is 17.0. The van der Waals surface area contributed by atoms with E-state index >= 15 is 0 Å². The molecule has 2 rings (SSSR count). The first-order valence-electron chi connectivity index (χ1n) is 10.2. The van der Waals surface area contributed by atoms with E-state index < -0.39 is 0 Å². The van der Waals surface area contributed by atoms with Crippen LogP contribution < -0.4 is 5.32 Å². The van der Waals surface area contributed by atoms with Gasteiger partial charge in [-0.05, 0) is 82.2 Å². The Morgan fingerprint density at radius 3 is 2.38 bits per heavy atom. The van der Waals surface area contributed by atoms with Crippen molar-refractivity contribution in [1.29, 1.82) is 0 Å². The molecule has 0 saturated carbocycles. The molecule has 0 amide bonds. The molecule has 1 N–H and O–H groups in total. The second kappa shape index (κ2) is 11.7. The monoisotopic (exact) mass is 330 g/mol. The van der Waals surface area contributed by atoms with Gasteiger partial charge in [0.25, 0.3) is 0 Å². The molecule has 24 heavy (non-hydrogen) atoms. The van der Waals surface area contributed by atoms with E-state index in [1.165, 1.54) is 76.7 Å². The maximum atomic E-state index is 3.69. The van der Waals surface area contributed by atoms with Gasteiger partial charge in [-0.15, -0.1) is 0 Å². The van der Waals surface area contributed by atoms with E-state index in [1.807, 2.05) is 0 Å². The summed E-state index contributed by atoms with van der Waals surface area (Å²) in [5.41, 5.74) is 1.52. The Morgan fingerprint density at radius 2 is 1.67 bits per heavy atom. The fraction of sp³-hybridized carbons (Fsp3) is 0.727. The Bertz CT molecular complexity index is 409. The third kappa shape index (κ3) is 7.81. The standard InChI is InChI=1S/C22H38N2/c1-20(2)12-13-22(21-10-5-3-6-11-21)14-16-23-15-9-19-24-17-7-4-8-18-24/h3,5-6,10-11,20,22-23H,4,7-9,12-19H2,1-2H3. The minimum atomic E-state index is 0.711. The highest BCUT2D eigenvalue weighted by atomic mass is 15.1. The first-order chi connectivity index (χ1) is 11.8. The predicted octanol–water partition coefficient (Wildman–Crippen LogP) is 5.06. The number of hydrogen-bond acceptors (Lipinski definition) is 2. The number of benzene rings is 1. The number of nitrogens with one attached hydrogen (secondary N) is 1. The molecule has 1 unspecified atom stereocenters. The summed E-state index contributed by atoms with van der Waals surface area (Å²) in [6, 6.07) is 11.1. The van der Waals surface area contributed by atoms with Crippen LogP contribution in [0.5, 0.6) is 0 Å².